The van der Waals surface area contributed by atoms with Gasteiger partial charge in [-0.15, -0.1) is 0 Å². The highest BCUT2D eigenvalue weighted by atomic mass is 16.6. The van der Waals surface area contributed by atoms with Crippen molar-refractivity contribution < 1.29 is 19.4 Å². The highest BCUT2D eigenvalue weighted by molar-refractivity contribution is 5.87. The van der Waals surface area contributed by atoms with Crippen molar-refractivity contribution >= 4 is 5.97 Å². The number of carboxylic acid groups (broad SMARTS) is 1. The Bertz CT molecular complexity index is 712. The van der Waals surface area contributed by atoms with Crippen molar-refractivity contribution in [2.24, 2.45) is 0 Å². The second kappa shape index (κ2) is 7.36. The first-order chi connectivity index (χ1) is 11.7. The molecule has 0 aliphatic carbocycles. The van der Waals surface area contributed by atoms with E-state index < -0.39 is 5.97 Å². The summed E-state index contributed by atoms with van der Waals surface area (Å²) in [7, 11) is 0. The number of carbonyl (C=O) groups is 1. The quantitative estimate of drug-likeness (QED) is 0.851. The normalized spacial score (nSPS) is 14.2. The summed E-state index contributed by atoms with van der Waals surface area (Å²) in [6, 6.07) is 13.2. The lowest BCUT2D eigenvalue weighted by molar-refractivity contribution is 0.0697. The molecule has 2 aromatic carbocycles. The van der Waals surface area contributed by atoms with Gasteiger partial charge < -0.3 is 19.9 Å². The zero-order chi connectivity index (χ0) is 16.9. The van der Waals surface area contributed by atoms with Gasteiger partial charge in [0.25, 0.3) is 0 Å². The molecule has 1 aliphatic heterocycles. The minimum Gasteiger partial charge on any atom is -0.486 e. The van der Waals surface area contributed by atoms with E-state index in [0.29, 0.717) is 25.3 Å². The number of hydrogen-bond donors (Lipinski definition) is 2. The molecule has 0 radical (unpaired) electrons. The van der Waals surface area contributed by atoms with Crippen LogP contribution >= 0.6 is 0 Å². The highest BCUT2D eigenvalue weighted by Crippen LogP contribution is 2.33. The van der Waals surface area contributed by atoms with Crippen LogP contribution in [0.15, 0.2) is 42.5 Å². The van der Waals surface area contributed by atoms with E-state index >= 15 is 0 Å². The number of benzene rings is 2. The van der Waals surface area contributed by atoms with Crippen LogP contribution in [0, 0.1) is 0 Å². The summed E-state index contributed by atoms with van der Waals surface area (Å²) in [4.78, 5) is 10.9. The lowest BCUT2D eigenvalue weighted by Crippen LogP contribution is -2.21. The second-order valence-corrected chi connectivity index (χ2v) is 5.75. The molecule has 1 aliphatic rings. The summed E-state index contributed by atoms with van der Waals surface area (Å²) in [5, 5.41) is 12.5. The average molecular weight is 327 g/mol. The van der Waals surface area contributed by atoms with Gasteiger partial charge in [-0.05, 0) is 41.8 Å². The Morgan fingerprint density at radius 2 is 1.83 bits per heavy atom. The van der Waals surface area contributed by atoms with E-state index in [1.807, 2.05) is 24.3 Å². The van der Waals surface area contributed by atoms with Crippen LogP contribution in [0.3, 0.4) is 0 Å². The van der Waals surface area contributed by atoms with Crippen molar-refractivity contribution in [3.63, 3.8) is 0 Å². The third-order valence-corrected chi connectivity index (χ3v) is 4.13. The molecule has 5 heteroatoms. The van der Waals surface area contributed by atoms with Gasteiger partial charge in [0.2, 0.25) is 0 Å². The Morgan fingerprint density at radius 3 is 2.50 bits per heavy atom. The van der Waals surface area contributed by atoms with Gasteiger partial charge in [0.1, 0.15) is 13.2 Å². The SMILES string of the molecule is CCC(NCc1ccc(C(=O)O)cc1)c1ccc2c(c1)OCCO2. The van der Waals surface area contributed by atoms with Crippen LogP contribution in [0.5, 0.6) is 11.5 Å². The van der Waals surface area contributed by atoms with Gasteiger partial charge in [0.05, 0.1) is 5.56 Å². The van der Waals surface area contributed by atoms with Crippen LogP contribution in [-0.2, 0) is 6.54 Å². The predicted octanol–water partition coefficient (Wildman–Crippen LogP) is 3.40. The fourth-order valence-electron chi connectivity index (χ4n) is 2.78. The van der Waals surface area contributed by atoms with Crippen LogP contribution in [0.2, 0.25) is 0 Å². The molecule has 0 fully saturated rings. The largest absolute Gasteiger partial charge is 0.486 e. The van der Waals surface area contributed by atoms with Crippen molar-refractivity contribution in [1.82, 2.24) is 5.32 Å². The molecule has 0 amide bonds. The summed E-state index contributed by atoms with van der Waals surface area (Å²) < 4.78 is 11.2. The molecule has 3 rings (SSSR count). The maximum Gasteiger partial charge on any atom is 0.335 e. The lowest BCUT2D eigenvalue weighted by Gasteiger charge is -2.22. The van der Waals surface area contributed by atoms with E-state index in [-0.39, 0.29) is 6.04 Å². The Hall–Kier alpha value is -2.53. The van der Waals surface area contributed by atoms with Gasteiger partial charge in [-0.1, -0.05) is 25.1 Å². The Morgan fingerprint density at radius 1 is 1.12 bits per heavy atom. The summed E-state index contributed by atoms with van der Waals surface area (Å²) >= 11 is 0. The van der Waals surface area contributed by atoms with Crippen molar-refractivity contribution in [3.05, 3.63) is 59.2 Å². The fraction of sp³-hybridized carbons (Fsp3) is 0.316. The van der Waals surface area contributed by atoms with Gasteiger partial charge in [-0.2, -0.15) is 0 Å². The molecule has 0 spiro atoms. The Balaban J connectivity index is 1.67. The van der Waals surface area contributed by atoms with Gasteiger partial charge in [-0.3, -0.25) is 0 Å². The molecule has 0 aromatic heterocycles. The summed E-state index contributed by atoms with van der Waals surface area (Å²) in [6.45, 7) is 3.97. The van der Waals surface area contributed by atoms with Crippen LogP contribution < -0.4 is 14.8 Å². The van der Waals surface area contributed by atoms with Crippen molar-refractivity contribution in [1.29, 1.82) is 0 Å². The number of fused-ring (bicyclic) bond motifs is 1. The van der Waals surface area contributed by atoms with E-state index in [4.69, 9.17) is 14.6 Å². The smallest absolute Gasteiger partial charge is 0.335 e. The topological polar surface area (TPSA) is 67.8 Å². The standard InChI is InChI=1S/C19H21NO4/c1-2-16(15-7-8-17-18(11-15)24-10-9-23-17)20-12-13-3-5-14(6-4-13)19(21)22/h3-8,11,16,20H,2,9-10,12H2,1H3,(H,21,22). The van der Waals surface area contributed by atoms with Crippen LogP contribution in [0.1, 0.15) is 40.9 Å². The minimum absolute atomic E-state index is 0.194. The number of rotatable bonds is 6. The molecule has 126 valence electrons. The highest BCUT2D eigenvalue weighted by Gasteiger charge is 2.15. The molecule has 2 N–H and O–H groups in total. The van der Waals surface area contributed by atoms with Gasteiger partial charge in [0.15, 0.2) is 11.5 Å². The number of ether oxygens (including phenoxy) is 2. The van der Waals surface area contributed by atoms with Crippen molar-refractivity contribution in [2.75, 3.05) is 13.2 Å². The summed E-state index contributed by atoms with van der Waals surface area (Å²) in [6.07, 6.45) is 0.937. The molecule has 2 aromatic rings. The van der Waals surface area contributed by atoms with Gasteiger partial charge in [0, 0.05) is 12.6 Å². The Labute approximate surface area is 141 Å². The first kappa shape index (κ1) is 16.3. The predicted molar refractivity (Wildman–Crippen MR) is 90.7 cm³/mol. The molecular weight excluding hydrogens is 306 g/mol. The molecule has 0 bridgehead atoms. The number of hydrogen-bond acceptors (Lipinski definition) is 4. The monoisotopic (exact) mass is 327 g/mol. The molecule has 0 saturated carbocycles. The maximum absolute atomic E-state index is 10.9. The van der Waals surface area contributed by atoms with Crippen molar-refractivity contribution in [3.8, 4) is 11.5 Å². The molecule has 0 saturated heterocycles. The third kappa shape index (κ3) is 3.68. The first-order valence-corrected chi connectivity index (χ1v) is 8.12. The zero-order valence-corrected chi connectivity index (χ0v) is 13.6. The number of aromatic carboxylic acids is 1. The molecule has 1 heterocycles. The van der Waals surface area contributed by atoms with Crippen LogP contribution in [-0.4, -0.2) is 24.3 Å². The summed E-state index contributed by atoms with van der Waals surface area (Å²) in [5.74, 6) is 0.686. The second-order valence-electron chi connectivity index (χ2n) is 5.75. The molecular formula is C19H21NO4. The lowest BCUT2D eigenvalue weighted by atomic mass is 10.0. The average Bonchev–Trinajstić information content (AvgIpc) is 2.62. The van der Waals surface area contributed by atoms with E-state index in [1.54, 1.807) is 12.1 Å². The number of nitrogens with one attached hydrogen (secondary N) is 1. The summed E-state index contributed by atoms with van der Waals surface area (Å²) in [5.41, 5.74) is 2.51. The molecule has 24 heavy (non-hydrogen) atoms. The number of carboxylic acids is 1. The van der Waals surface area contributed by atoms with Gasteiger partial charge in [-0.25, -0.2) is 4.79 Å². The van der Waals surface area contributed by atoms with Crippen molar-refractivity contribution in [2.45, 2.75) is 25.9 Å². The molecule has 1 atom stereocenters. The van der Waals surface area contributed by atoms with Gasteiger partial charge >= 0.3 is 5.97 Å². The van der Waals surface area contributed by atoms with E-state index in [9.17, 15) is 4.79 Å². The van der Waals surface area contributed by atoms with E-state index in [0.717, 1.165) is 29.0 Å². The zero-order valence-electron chi connectivity index (χ0n) is 13.6. The van der Waals surface area contributed by atoms with Crippen LogP contribution in [0.25, 0.3) is 0 Å². The Kier molecular flexibility index (Phi) is 5.01. The van der Waals surface area contributed by atoms with Crippen LogP contribution in [0.4, 0.5) is 0 Å². The fourth-order valence-corrected chi connectivity index (χ4v) is 2.78. The first-order valence-electron chi connectivity index (χ1n) is 8.12. The van der Waals surface area contributed by atoms with E-state index in [2.05, 4.69) is 18.3 Å². The molecule has 5 nitrogen and oxygen atoms in total. The molecule has 1 unspecified atom stereocenters. The maximum atomic E-state index is 10.9. The minimum atomic E-state index is -0.905. The van der Waals surface area contributed by atoms with E-state index in [1.165, 1.54) is 0 Å². The third-order valence-electron chi connectivity index (χ3n) is 4.13.